The van der Waals surface area contributed by atoms with Crippen LogP contribution in [0.25, 0.3) is 10.9 Å². The molecule has 3 nitrogen and oxygen atoms in total. The predicted molar refractivity (Wildman–Crippen MR) is 88.2 cm³/mol. The molecule has 0 saturated heterocycles. The van der Waals surface area contributed by atoms with Crippen LogP contribution in [0.1, 0.15) is 11.1 Å². The van der Waals surface area contributed by atoms with Gasteiger partial charge in [0.25, 0.3) is 0 Å². The van der Waals surface area contributed by atoms with Crippen molar-refractivity contribution in [3.63, 3.8) is 0 Å². The highest BCUT2D eigenvalue weighted by molar-refractivity contribution is 5.81. The van der Waals surface area contributed by atoms with Gasteiger partial charge in [-0.3, -0.25) is 4.98 Å². The maximum Gasteiger partial charge on any atom is 0.0751 e. The number of pyridine rings is 1. The van der Waals surface area contributed by atoms with Gasteiger partial charge in [-0.05, 0) is 29.3 Å². The molecule has 2 aromatic carbocycles. The number of hydrogen-bond donors (Lipinski definition) is 1. The van der Waals surface area contributed by atoms with Gasteiger partial charge in [0, 0.05) is 37.4 Å². The van der Waals surface area contributed by atoms with E-state index in [1.165, 1.54) is 16.6 Å². The van der Waals surface area contributed by atoms with Crippen molar-refractivity contribution in [2.24, 2.45) is 5.73 Å². The first-order valence-corrected chi connectivity index (χ1v) is 7.10. The van der Waals surface area contributed by atoms with Crippen LogP contribution in [0.2, 0.25) is 0 Å². The van der Waals surface area contributed by atoms with Crippen LogP contribution in [0.5, 0.6) is 0 Å². The maximum absolute atomic E-state index is 5.72. The molecular formula is C18H19N3. The number of fused-ring (bicyclic) bond motifs is 1. The number of benzene rings is 2. The highest BCUT2D eigenvalue weighted by atomic mass is 15.1. The standard InChI is InChI=1S/C18H19N3/c1-21(17-9-2-5-14(11-17)12-19)13-16-7-3-6-15-8-4-10-20-18(15)16/h2-11H,12-13,19H2,1H3. The average Bonchev–Trinajstić information content (AvgIpc) is 2.55. The molecule has 0 atom stereocenters. The van der Waals surface area contributed by atoms with Gasteiger partial charge in [-0.25, -0.2) is 0 Å². The summed E-state index contributed by atoms with van der Waals surface area (Å²) in [7, 11) is 2.09. The van der Waals surface area contributed by atoms with Crippen molar-refractivity contribution in [3.8, 4) is 0 Å². The van der Waals surface area contributed by atoms with Crippen LogP contribution in [0, 0.1) is 0 Å². The molecule has 0 bridgehead atoms. The summed E-state index contributed by atoms with van der Waals surface area (Å²) in [6, 6.07) is 18.7. The van der Waals surface area contributed by atoms with Crippen LogP contribution in [0.15, 0.2) is 60.8 Å². The van der Waals surface area contributed by atoms with E-state index in [1.807, 2.05) is 12.3 Å². The summed E-state index contributed by atoms with van der Waals surface area (Å²) in [5.74, 6) is 0. The van der Waals surface area contributed by atoms with E-state index in [2.05, 4.69) is 65.5 Å². The Morgan fingerprint density at radius 2 is 1.86 bits per heavy atom. The molecule has 0 radical (unpaired) electrons. The fourth-order valence-electron chi connectivity index (χ4n) is 2.56. The number of nitrogens with two attached hydrogens (primary N) is 1. The molecule has 21 heavy (non-hydrogen) atoms. The van der Waals surface area contributed by atoms with Crippen LogP contribution in [0.3, 0.4) is 0 Å². The first-order valence-electron chi connectivity index (χ1n) is 7.10. The SMILES string of the molecule is CN(Cc1cccc2cccnc12)c1cccc(CN)c1. The minimum Gasteiger partial charge on any atom is -0.370 e. The second-order valence-electron chi connectivity index (χ2n) is 5.22. The van der Waals surface area contributed by atoms with E-state index in [-0.39, 0.29) is 0 Å². The van der Waals surface area contributed by atoms with Crippen molar-refractivity contribution in [1.29, 1.82) is 0 Å². The average molecular weight is 277 g/mol. The highest BCUT2D eigenvalue weighted by Gasteiger charge is 2.06. The van der Waals surface area contributed by atoms with Crippen LogP contribution < -0.4 is 10.6 Å². The van der Waals surface area contributed by atoms with Crippen molar-refractivity contribution in [3.05, 3.63) is 71.9 Å². The van der Waals surface area contributed by atoms with E-state index in [0.29, 0.717) is 6.54 Å². The molecule has 0 saturated carbocycles. The fraction of sp³-hybridized carbons (Fsp3) is 0.167. The topological polar surface area (TPSA) is 42.2 Å². The van der Waals surface area contributed by atoms with Crippen molar-refractivity contribution in [2.75, 3.05) is 11.9 Å². The Morgan fingerprint density at radius 3 is 2.71 bits per heavy atom. The largest absolute Gasteiger partial charge is 0.370 e. The smallest absolute Gasteiger partial charge is 0.0751 e. The van der Waals surface area contributed by atoms with Crippen molar-refractivity contribution in [1.82, 2.24) is 4.98 Å². The van der Waals surface area contributed by atoms with Crippen molar-refractivity contribution < 1.29 is 0 Å². The lowest BCUT2D eigenvalue weighted by atomic mass is 10.1. The number of hydrogen-bond acceptors (Lipinski definition) is 3. The molecular weight excluding hydrogens is 258 g/mol. The molecule has 0 aliphatic rings. The normalized spacial score (nSPS) is 10.8. The van der Waals surface area contributed by atoms with Gasteiger partial charge in [-0.15, -0.1) is 0 Å². The molecule has 0 amide bonds. The Labute approximate surface area is 125 Å². The van der Waals surface area contributed by atoms with Gasteiger partial charge in [0.15, 0.2) is 0 Å². The Balaban J connectivity index is 1.90. The van der Waals surface area contributed by atoms with Crippen LogP contribution in [0.4, 0.5) is 5.69 Å². The molecule has 1 heterocycles. The first kappa shape index (κ1) is 13.6. The van der Waals surface area contributed by atoms with E-state index in [1.54, 1.807) is 0 Å². The summed E-state index contributed by atoms with van der Waals surface area (Å²) in [6.07, 6.45) is 1.85. The van der Waals surface area contributed by atoms with E-state index < -0.39 is 0 Å². The summed E-state index contributed by atoms with van der Waals surface area (Å²) < 4.78 is 0. The summed E-state index contributed by atoms with van der Waals surface area (Å²) in [4.78, 5) is 6.74. The Kier molecular flexibility index (Phi) is 3.84. The third-order valence-electron chi connectivity index (χ3n) is 3.71. The zero-order valence-electron chi connectivity index (χ0n) is 12.2. The molecule has 3 rings (SSSR count). The number of rotatable bonds is 4. The maximum atomic E-state index is 5.72. The minimum atomic E-state index is 0.567. The number of anilines is 1. The lowest BCUT2D eigenvalue weighted by Gasteiger charge is -2.20. The quantitative estimate of drug-likeness (QED) is 0.795. The first-order chi connectivity index (χ1) is 10.3. The number of para-hydroxylation sites is 1. The van der Waals surface area contributed by atoms with Gasteiger partial charge in [-0.2, -0.15) is 0 Å². The molecule has 3 heteroatoms. The highest BCUT2D eigenvalue weighted by Crippen LogP contribution is 2.21. The molecule has 0 aliphatic carbocycles. The zero-order chi connectivity index (χ0) is 14.7. The Bertz CT molecular complexity index is 747. The summed E-state index contributed by atoms with van der Waals surface area (Å²) in [6.45, 7) is 1.39. The van der Waals surface area contributed by atoms with Gasteiger partial charge >= 0.3 is 0 Å². The van der Waals surface area contributed by atoms with Crippen LogP contribution in [-0.2, 0) is 13.1 Å². The lowest BCUT2D eigenvalue weighted by molar-refractivity contribution is 0.923. The van der Waals surface area contributed by atoms with Crippen molar-refractivity contribution >= 4 is 16.6 Å². The van der Waals surface area contributed by atoms with Gasteiger partial charge in [0.1, 0.15) is 0 Å². The second-order valence-corrected chi connectivity index (χ2v) is 5.22. The molecule has 2 N–H and O–H groups in total. The summed E-state index contributed by atoms with van der Waals surface area (Å²) >= 11 is 0. The van der Waals surface area contributed by atoms with E-state index in [0.717, 1.165) is 17.6 Å². The molecule has 3 aromatic rings. The van der Waals surface area contributed by atoms with Crippen LogP contribution >= 0.6 is 0 Å². The molecule has 0 spiro atoms. The van der Waals surface area contributed by atoms with Gasteiger partial charge in [0.05, 0.1) is 5.52 Å². The third-order valence-corrected chi connectivity index (χ3v) is 3.71. The van der Waals surface area contributed by atoms with Crippen LogP contribution in [-0.4, -0.2) is 12.0 Å². The van der Waals surface area contributed by atoms with E-state index in [9.17, 15) is 0 Å². The van der Waals surface area contributed by atoms with E-state index in [4.69, 9.17) is 5.73 Å². The predicted octanol–water partition coefficient (Wildman–Crippen LogP) is 3.33. The summed E-state index contributed by atoms with van der Waals surface area (Å²) in [5.41, 5.74) is 10.3. The number of nitrogens with zero attached hydrogens (tertiary/aromatic N) is 2. The molecule has 0 aliphatic heterocycles. The zero-order valence-corrected chi connectivity index (χ0v) is 12.2. The lowest BCUT2D eigenvalue weighted by Crippen LogP contribution is -2.17. The summed E-state index contributed by atoms with van der Waals surface area (Å²) in [5, 5.41) is 1.18. The van der Waals surface area contributed by atoms with E-state index >= 15 is 0 Å². The molecule has 106 valence electrons. The molecule has 1 aromatic heterocycles. The Hall–Kier alpha value is -2.39. The van der Waals surface area contributed by atoms with Gasteiger partial charge in [0.2, 0.25) is 0 Å². The molecule has 0 fully saturated rings. The second kappa shape index (κ2) is 5.94. The fourth-order valence-corrected chi connectivity index (χ4v) is 2.56. The van der Waals surface area contributed by atoms with Gasteiger partial charge < -0.3 is 10.6 Å². The minimum absolute atomic E-state index is 0.567. The Morgan fingerprint density at radius 1 is 1.05 bits per heavy atom. The third kappa shape index (κ3) is 2.88. The molecule has 0 unspecified atom stereocenters. The van der Waals surface area contributed by atoms with Crippen molar-refractivity contribution in [2.45, 2.75) is 13.1 Å². The monoisotopic (exact) mass is 277 g/mol. The van der Waals surface area contributed by atoms with Gasteiger partial charge in [-0.1, -0.05) is 36.4 Å². The number of aromatic nitrogens is 1.